The highest BCUT2D eigenvalue weighted by atomic mass is 35.5. The van der Waals surface area contributed by atoms with Gasteiger partial charge in [0.1, 0.15) is 0 Å². The van der Waals surface area contributed by atoms with Gasteiger partial charge in [-0.05, 0) is 42.9 Å². The Labute approximate surface area is 122 Å². The van der Waals surface area contributed by atoms with Gasteiger partial charge in [-0.25, -0.2) is 0 Å². The minimum Gasteiger partial charge on any atom is -0.355 e. The van der Waals surface area contributed by atoms with E-state index in [0.717, 1.165) is 31.1 Å². The molecule has 2 aliphatic carbocycles. The number of carbonyl (C=O) groups excluding carboxylic acids is 1. The fourth-order valence-corrected chi connectivity index (χ4v) is 4.55. The molecule has 1 amide bonds. The molecule has 2 nitrogen and oxygen atoms in total. The standard InChI is InChI=1S/C16H28ClNO/c1-3-12(4-2)15(17)10-18-16(19)9-14-8-11-5-6-13(14)7-11/h11-15H,3-10H2,1-2H3,(H,18,19). The van der Waals surface area contributed by atoms with Gasteiger partial charge >= 0.3 is 0 Å². The van der Waals surface area contributed by atoms with E-state index in [4.69, 9.17) is 11.6 Å². The minimum atomic E-state index is 0.0824. The van der Waals surface area contributed by atoms with Crippen LogP contribution in [0.15, 0.2) is 0 Å². The summed E-state index contributed by atoms with van der Waals surface area (Å²) >= 11 is 6.36. The normalized spacial score (nSPS) is 30.8. The molecule has 110 valence electrons. The number of alkyl halides is 1. The quantitative estimate of drug-likeness (QED) is 0.705. The molecule has 0 radical (unpaired) electrons. The van der Waals surface area contributed by atoms with Crippen LogP contribution in [0.3, 0.4) is 0 Å². The lowest BCUT2D eigenvalue weighted by Gasteiger charge is -2.22. The molecule has 2 aliphatic rings. The van der Waals surface area contributed by atoms with Crippen molar-refractivity contribution in [1.82, 2.24) is 5.32 Å². The topological polar surface area (TPSA) is 29.1 Å². The van der Waals surface area contributed by atoms with Gasteiger partial charge in [-0.1, -0.05) is 33.1 Å². The summed E-state index contributed by atoms with van der Waals surface area (Å²) < 4.78 is 0. The Morgan fingerprint density at radius 1 is 1.26 bits per heavy atom. The number of fused-ring (bicyclic) bond motifs is 2. The van der Waals surface area contributed by atoms with E-state index in [0.29, 0.717) is 18.4 Å². The fraction of sp³-hybridized carbons (Fsp3) is 0.938. The lowest BCUT2D eigenvalue weighted by atomic mass is 9.86. The van der Waals surface area contributed by atoms with Crippen molar-refractivity contribution in [1.29, 1.82) is 0 Å². The van der Waals surface area contributed by atoms with Gasteiger partial charge in [0.15, 0.2) is 0 Å². The molecule has 0 heterocycles. The maximum absolute atomic E-state index is 12.0. The molecule has 4 unspecified atom stereocenters. The highest BCUT2D eigenvalue weighted by molar-refractivity contribution is 6.21. The average molecular weight is 286 g/mol. The van der Waals surface area contributed by atoms with Gasteiger partial charge in [-0.15, -0.1) is 11.6 Å². The molecular weight excluding hydrogens is 258 g/mol. The van der Waals surface area contributed by atoms with E-state index in [9.17, 15) is 4.79 Å². The monoisotopic (exact) mass is 285 g/mol. The Kier molecular flexibility index (Phi) is 5.56. The zero-order chi connectivity index (χ0) is 13.8. The maximum Gasteiger partial charge on any atom is 0.220 e. The summed E-state index contributed by atoms with van der Waals surface area (Å²) in [5.74, 6) is 3.15. The second-order valence-electron chi connectivity index (χ2n) is 6.54. The molecule has 2 bridgehead atoms. The Morgan fingerprint density at radius 2 is 2.00 bits per heavy atom. The van der Waals surface area contributed by atoms with Crippen LogP contribution in [0.5, 0.6) is 0 Å². The zero-order valence-corrected chi connectivity index (χ0v) is 13.1. The number of rotatable bonds is 7. The lowest BCUT2D eigenvalue weighted by Crippen LogP contribution is -2.34. The van der Waals surface area contributed by atoms with Crippen LogP contribution in [-0.2, 0) is 4.79 Å². The third-order valence-electron chi connectivity index (χ3n) is 5.39. The summed E-state index contributed by atoms with van der Waals surface area (Å²) in [7, 11) is 0. The maximum atomic E-state index is 12.0. The molecule has 0 aromatic heterocycles. The SMILES string of the molecule is CCC(CC)C(Cl)CNC(=O)CC1CC2CCC1C2. The van der Waals surface area contributed by atoms with Crippen LogP contribution >= 0.6 is 11.6 Å². The first kappa shape index (κ1) is 15.2. The lowest BCUT2D eigenvalue weighted by molar-refractivity contribution is -0.122. The molecule has 4 atom stereocenters. The molecule has 0 spiro atoms. The van der Waals surface area contributed by atoms with Crippen molar-refractivity contribution in [3.05, 3.63) is 0 Å². The number of carbonyl (C=O) groups is 1. The van der Waals surface area contributed by atoms with Crippen molar-refractivity contribution in [3.63, 3.8) is 0 Å². The van der Waals surface area contributed by atoms with Gasteiger partial charge in [-0.3, -0.25) is 4.79 Å². The molecule has 0 aromatic rings. The van der Waals surface area contributed by atoms with Crippen molar-refractivity contribution in [2.24, 2.45) is 23.7 Å². The molecule has 2 rings (SSSR count). The van der Waals surface area contributed by atoms with Gasteiger partial charge < -0.3 is 5.32 Å². The summed E-state index contributed by atoms with van der Waals surface area (Å²) in [6.45, 7) is 4.97. The molecule has 0 saturated heterocycles. The van der Waals surface area contributed by atoms with Crippen molar-refractivity contribution >= 4 is 17.5 Å². The summed E-state index contributed by atoms with van der Waals surface area (Å²) in [4.78, 5) is 12.0. The van der Waals surface area contributed by atoms with Gasteiger partial charge in [0.25, 0.3) is 0 Å². The number of halogens is 1. The van der Waals surface area contributed by atoms with E-state index in [-0.39, 0.29) is 11.3 Å². The number of hydrogen-bond acceptors (Lipinski definition) is 1. The van der Waals surface area contributed by atoms with Crippen LogP contribution < -0.4 is 5.32 Å². The second kappa shape index (κ2) is 6.97. The van der Waals surface area contributed by atoms with E-state index in [1.165, 1.54) is 25.7 Å². The second-order valence-corrected chi connectivity index (χ2v) is 7.10. The van der Waals surface area contributed by atoms with Crippen molar-refractivity contribution in [2.45, 2.75) is 64.2 Å². The highest BCUT2D eigenvalue weighted by Crippen LogP contribution is 2.49. The van der Waals surface area contributed by atoms with Gasteiger partial charge in [0.05, 0.1) is 5.38 Å². The number of amides is 1. The molecule has 0 aromatic carbocycles. The molecule has 2 saturated carbocycles. The van der Waals surface area contributed by atoms with Crippen LogP contribution in [-0.4, -0.2) is 17.8 Å². The van der Waals surface area contributed by atoms with Crippen LogP contribution in [0.4, 0.5) is 0 Å². The van der Waals surface area contributed by atoms with Crippen LogP contribution in [0.1, 0.15) is 58.8 Å². The van der Waals surface area contributed by atoms with Crippen LogP contribution in [0.25, 0.3) is 0 Å². The molecule has 3 heteroatoms. The van der Waals surface area contributed by atoms with E-state index in [1.54, 1.807) is 0 Å². The third kappa shape index (κ3) is 3.87. The third-order valence-corrected chi connectivity index (χ3v) is 5.90. The summed E-state index contributed by atoms with van der Waals surface area (Å²) in [5, 5.41) is 3.13. The largest absolute Gasteiger partial charge is 0.355 e. The molecule has 1 N–H and O–H groups in total. The van der Waals surface area contributed by atoms with Crippen molar-refractivity contribution < 1.29 is 4.79 Å². The fourth-order valence-electron chi connectivity index (χ4n) is 4.11. The molecule has 0 aliphatic heterocycles. The Morgan fingerprint density at radius 3 is 2.53 bits per heavy atom. The number of nitrogens with one attached hydrogen (secondary N) is 1. The smallest absolute Gasteiger partial charge is 0.220 e. The average Bonchev–Trinajstić information content (AvgIpc) is 3.00. The van der Waals surface area contributed by atoms with E-state index < -0.39 is 0 Å². The van der Waals surface area contributed by atoms with E-state index in [2.05, 4.69) is 19.2 Å². The van der Waals surface area contributed by atoms with Crippen molar-refractivity contribution in [2.75, 3.05) is 6.54 Å². The van der Waals surface area contributed by atoms with Gasteiger partial charge in [0, 0.05) is 13.0 Å². The Hall–Kier alpha value is -0.240. The Balaban J connectivity index is 1.67. The van der Waals surface area contributed by atoms with Gasteiger partial charge in [0.2, 0.25) is 5.91 Å². The van der Waals surface area contributed by atoms with E-state index in [1.807, 2.05) is 0 Å². The number of hydrogen-bond donors (Lipinski definition) is 1. The predicted octanol–water partition coefficient (Wildman–Crippen LogP) is 3.97. The van der Waals surface area contributed by atoms with Gasteiger partial charge in [-0.2, -0.15) is 0 Å². The first-order chi connectivity index (χ1) is 9.13. The Bertz CT molecular complexity index is 303. The van der Waals surface area contributed by atoms with Crippen LogP contribution in [0, 0.1) is 23.7 Å². The zero-order valence-electron chi connectivity index (χ0n) is 12.3. The van der Waals surface area contributed by atoms with Crippen LogP contribution in [0.2, 0.25) is 0 Å². The molecular formula is C16H28ClNO. The first-order valence-corrected chi connectivity index (χ1v) is 8.48. The van der Waals surface area contributed by atoms with Crippen molar-refractivity contribution in [3.8, 4) is 0 Å². The first-order valence-electron chi connectivity index (χ1n) is 8.04. The summed E-state index contributed by atoms with van der Waals surface area (Å²) in [6.07, 6.45) is 8.34. The molecule has 2 fully saturated rings. The molecule has 19 heavy (non-hydrogen) atoms. The summed E-state index contributed by atoms with van der Waals surface area (Å²) in [6, 6.07) is 0. The summed E-state index contributed by atoms with van der Waals surface area (Å²) in [5.41, 5.74) is 0. The predicted molar refractivity (Wildman–Crippen MR) is 80.3 cm³/mol. The van der Waals surface area contributed by atoms with E-state index >= 15 is 0 Å². The minimum absolute atomic E-state index is 0.0824. The highest BCUT2D eigenvalue weighted by Gasteiger charge is 2.40.